The van der Waals surface area contributed by atoms with E-state index in [0.29, 0.717) is 43.5 Å². The van der Waals surface area contributed by atoms with E-state index in [1.165, 1.54) is 12.1 Å². The van der Waals surface area contributed by atoms with Gasteiger partial charge in [0.2, 0.25) is 5.89 Å². The lowest BCUT2D eigenvalue weighted by Crippen LogP contribution is -2.33. The average Bonchev–Trinajstić information content (AvgIpc) is 3.11. The van der Waals surface area contributed by atoms with E-state index in [-0.39, 0.29) is 16.5 Å². The normalized spacial score (nSPS) is 15.7. The number of hydrogen-bond donors (Lipinski definition) is 0. The molecule has 2 heterocycles. The summed E-state index contributed by atoms with van der Waals surface area (Å²) in [5.41, 5.74) is -0.0491. The van der Waals surface area contributed by atoms with Crippen LogP contribution >= 0.6 is 0 Å². The molecule has 3 rings (SSSR count). The van der Waals surface area contributed by atoms with Gasteiger partial charge in [-0.1, -0.05) is 6.07 Å². The number of benzene rings is 1. The predicted octanol–water partition coefficient (Wildman–Crippen LogP) is 1.83. The van der Waals surface area contributed by atoms with Gasteiger partial charge >= 0.3 is 5.69 Å². The van der Waals surface area contributed by atoms with Crippen molar-refractivity contribution in [2.24, 2.45) is 0 Å². The molecule has 0 spiro atoms. The summed E-state index contributed by atoms with van der Waals surface area (Å²) in [5, 5.41) is 15.5. The van der Waals surface area contributed by atoms with Gasteiger partial charge in [-0.05, 0) is 30.1 Å². The van der Waals surface area contributed by atoms with Gasteiger partial charge in [-0.25, -0.2) is 8.42 Å². The molecule has 1 saturated heterocycles. The lowest BCUT2D eigenvalue weighted by atomic mass is 9.96. The Morgan fingerprint density at radius 3 is 2.48 bits per heavy atom. The van der Waals surface area contributed by atoms with Crippen LogP contribution in [0.3, 0.4) is 0 Å². The predicted molar refractivity (Wildman–Crippen MR) is 99.0 cm³/mol. The van der Waals surface area contributed by atoms with Gasteiger partial charge in [0.05, 0.1) is 4.92 Å². The Morgan fingerprint density at radius 1 is 1.30 bits per heavy atom. The third-order valence-corrected chi connectivity index (χ3v) is 5.70. The smallest absolute Gasteiger partial charge is 0.311 e. The van der Waals surface area contributed by atoms with E-state index in [1.807, 2.05) is 19.0 Å². The first kappa shape index (κ1) is 19.1. The van der Waals surface area contributed by atoms with Crippen LogP contribution < -0.4 is 9.80 Å². The SMILES string of the molecule is CN(C)c1noc(C2CCN(c3cccc(S(C)(=O)=O)c3[N+](=O)[O-])CC2)n1. The summed E-state index contributed by atoms with van der Waals surface area (Å²) in [6.07, 6.45) is 2.33. The van der Waals surface area contributed by atoms with Crippen LogP contribution in [0.5, 0.6) is 0 Å². The molecule has 146 valence electrons. The highest BCUT2D eigenvalue weighted by Crippen LogP contribution is 2.38. The fourth-order valence-electron chi connectivity index (χ4n) is 3.19. The molecule has 0 N–H and O–H groups in total. The molecule has 11 heteroatoms. The Hall–Kier alpha value is -2.69. The standard InChI is InChI=1S/C16H21N5O5S/c1-19(2)16-17-15(26-18-16)11-7-9-20(10-8-11)12-5-4-6-13(27(3,24)25)14(12)21(22)23/h4-6,11H,7-10H2,1-3H3. The van der Waals surface area contributed by atoms with Gasteiger partial charge in [0.1, 0.15) is 10.6 Å². The van der Waals surface area contributed by atoms with Crippen molar-refractivity contribution < 1.29 is 17.9 Å². The highest BCUT2D eigenvalue weighted by molar-refractivity contribution is 7.90. The number of aromatic nitrogens is 2. The Labute approximate surface area is 156 Å². The van der Waals surface area contributed by atoms with Gasteiger partial charge in [-0.2, -0.15) is 4.98 Å². The van der Waals surface area contributed by atoms with E-state index in [2.05, 4.69) is 10.1 Å². The maximum Gasteiger partial charge on any atom is 0.311 e. The second kappa shape index (κ2) is 7.14. The van der Waals surface area contributed by atoms with Crippen molar-refractivity contribution in [2.45, 2.75) is 23.7 Å². The van der Waals surface area contributed by atoms with Gasteiger partial charge in [0, 0.05) is 39.4 Å². The third kappa shape index (κ3) is 3.87. The zero-order chi connectivity index (χ0) is 19.8. The third-order valence-electron chi connectivity index (χ3n) is 4.58. The molecule has 1 aliphatic heterocycles. The number of rotatable bonds is 5. The lowest BCUT2D eigenvalue weighted by Gasteiger charge is -2.32. The van der Waals surface area contributed by atoms with Crippen LogP contribution in [0.15, 0.2) is 27.6 Å². The molecule has 0 radical (unpaired) electrons. The highest BCUT2D eigenvalue weighted by atomic mass is 32.2. The fourth-order valence-corrected chi connectivity index (χ4v) is 4.05. The van der Waals surface area contributed by atoms with Crippen molar-refractivity contribution >= 4 is 27.2 Å². The van der Waals surface area contributed by atoms with Crippen molar-refractivity contribution in [1.29, 1.82) is 0 Å². The molecule has 10 nitrogen and oxygen atoms in total. The Kier molecular flexibility index (Phi) is 5.05. The maximum absolute atomic E-state index is 11.9. The van der Waals surface area contributed by atoms with Gasteiger partial charge in [-0.3, -0.25) is 10.1 Å². The number of hydrogen-bond acceptors (Lipinski definition) is 9. The summed E-state index contributed by atoms with van der Waals surface area (Å²) in [6, 6.07) is 4.39. The summed E-state index contributed by atoms with van der Waals surface area (Å²) in [5.74, 6) is 1.13. The second-order valence-electron chi connectivity index (χ2n) is 6.74. The Morgan fingerprint density at radius 2 is 1.96 bits per heavy atom. The van der Waals surface area contributed by atoms with Crippen LogP contribution in [0.4, 0.5) is 17.3 Å². The zero-order valence-electron chi connectivity index (χ0n) is 15.3. The first-order valence-electron chi connectivity index (χ1n) is 8.42. The molecule has 27 heavy (non-hydrogen) atoms. The topological polar surface area (TPSA) is 123 Å². The second-order valence-corrected chi connectivity index (χ2v) is 8.73. The van der Waals surface area contributed by atoms with E-state index in [9.17, 15) is 18.5 Å². The molecule has 0 bridgehead atoms. The van der Waals surface area contributed by atoms with E-state index < -0.39 is 14.8 Å². The minimum absolute atomic E-state index is 0.0691. The Bertz CT molecular complexity index is 948. The summed E-state index contributed by atoms with van der Waals surface area (Å²) in [6.45, 7) is 1.05. The summed E-state index contributed by atoms with van der Waals surface area (Å²) >= 11 is 0. The number of sulfone groups is 1. The molecule has 1 fully saturated rings. The van der Waals surface area contributed by atoms with Gasteiger partial charge in [0.15, 0.2) is 9.84 Å². The minimum Gasteiger partial charge on any atom is -0.366 e. The summed E-state index contributed by atoms with van der Waals surface area (Å²) in [7, 11) is -0.0560. The molecule has 1 aliphatic rings. The zero-order valence-corrected chi connectivity index (χ0v) is 16.1. The van der Waals surface area contributed by atoms with Crippen LogP contribution in [0.2, 0.25) is 0 Å². The lowest BCUT2D eigenvalue weighted by molar-refractivity contribution is -0.387. The number of para-hydroxylation sites is 1. The van der Waals surface area contributed by atoms with Crippen LogP contribution in [0.1, 0.15) is 24.7 Å². The van der Waals surface area contributed by atoms with Crippen molar-refractivity contribution in [1.82, 2.24) is 10.1 Å². The summed E-state index contributed by atoms with van der Waals surface area (Å²) < 4.78 is 29.2. The first-order valence-corrected chi connectivity index (χ1v) is 10.3. The number of nitro groups is 1. The fraction of sp³-hybridized carbons (Fsp3) is 0.500. The van der Waals surface area contributed by atoms with E-state index in [0.717, 1.165) is 6.26 Å². The van der Waals surface area contributed by atoms with Crippen LogP contribution in [0.25, 0.3) is 0 Å². The van der Waals surface area contributed by atoms with E-state index in [1.54, 1.807) is 11.0 Å². The molecule has 0 unspecified atom stereocenters. The average molecular weight is 395 g/mol. The van der Waals surface area contributed by atoms with Crippen LogP contribution in [0, 0.1) is 10.1 Å². The van der Waals surface area contributed by atoms with Crippen molar-refractivity contribution in [3.05, 3.63) is 34.2 Å². The molecule has 1 aromatic heterocycles. The van der Waals surface area contributed by atoms with Gasteiger partial charge < -0.3 is 14.3 Å². The molecule has 0 saturated carbocycles. The molecular weight excluding hydrogens is 374 g/mol. The maximum atomic E-state index is 11.9. The molecule has 0 aliphatic carbocycles. The van der Waals surface area contributed by atoms with Crippen LogP contribution in [-0.2, 0) is 9.84 Å². The largest absolute Gasteiger partial charge is 0.366 e. The molecule has 1 aromatic carbocycles. The van der Waals surface area contributed by atoms with Crippen molar-refractivity contribution in [3.8, 4) is 0 Å². The number of anilines is 2. The van der Waals surface area contributed by atoms with E-state index in [4.69, 9.17) is 4.52 Å². The highest BCUT2D eigenvalue weighted by Gasteiger charge is 2.32. The molecule has 0 amide bonds. The van der Waals surface area contributed by atoms with Gasteiger partial charge in [-0.15, -0.1) is 0 Å². The van der Waals surface area contributed by atoms with Crippen molar-refractivity contribution in [2.75, 3.05) is 43.2 Å². The molecular formula is C16H21N5O5S. The minimum atomic E-state index is -3.71. The number of nitrogens with zero attached hydrogens (tertiary/aromatic N) is 5. The summed E-state index contributed by atoms with van der Waals surface area (Å²) in [4.78, 5) is 18.6. The number of nitro benzene ring substituents is 1. The number of piperidine rings is 1. The van der Waals surface area contributed by atoms with Gasteiger partial charge in [0.25, 0.3) is 5.95 Å². The van der Waals surface area contributed by atoms with Crippen molar-refractivity contribution in [3.63, 3.8) is 0 Å². The Balaban J connectivity index is 1.83. The van der Waals surface area contributed by atoms with E-state index >= 15 is 0 Å². The first-order chi connectivity index (χ1) is 12.7. The van der Waals surface area contributed by atoms with Crippen LogP contribution in [-0.4, -0.2) is 56.9 Å². The molecule has 2 aromatic rings. The molecule has 0 atom stereocenters. The quantitative estimate of drug-likeness (QED) is 0.551. The monoisotopic (exact) mass is 395 g/mol.